The average Bonchev–Trinajstić information content (AvgIpc) is 3.42. The van der Waals surface area contributed by atoms with Gasteiger partial charge >= 0.3 is 0 Å². The Morgan fingerprint density at radius 1 is 1.10 bits per heavy atom. The highest BCUT2D eigenvalue weighted by molar-refractivity contribution is 5.39. The first-order chi connectivity index (χ1) is 15.1. The zero-order valence-corrected chi connectivity index (χ0v) is 18.5. The molecule has 1 N–H and O–H groups in total. The molecule has 0 saturated carbocycles. The van der Waals surface area contributed by atoms with E-state index in [0.29, 0.717) is 12.5 Å². The van der Waals surface area contributed by atoms with E-state index in [0.717, 1.165) is 54.7 Å². The van der Waals surface area contributed by atoms with Crippen LogP contribution in [0, 0.1) is 0 Å². The Balaban J connectivity index is 1.31. The molecule has 1 fully saturated rings. The molecule has 0 radical (unpaired) electrons. The monoisotopic (exact) mass is 421 g/mol. The van der Waals surface area contributed by atoms with Crippen LogP contribution in [0.25, 0.3) is 0 Å². The van der Waals surface area contributed by atoms with E-state index in [1.807, 2.05) is 30.3 Å². The van der Waals surface area contributed by atoms with E-state index in [4.69, 9.17) is 14.2 Å². The molecule has 0 spiro atoms. The third-order valence-corrected chi connectivity index (χ3v) is 5.47. The fourth-order valence-electron chi connectivity index (χ4n) is 4.02. The molecule has 6 nitrogen and oxygen atoms in total. The number of aromatic nitrogens is 2. The maximum Gasteiger partial charge on any atom is 0.161 e. The highest BCUT2D eigenvalue weighted by Crippen LogP contribution is 2.29. The number of H-pyrrole nitrogens is 1. The number of methoxy groups -OCH3 is 1. The van der Waals surface area contributed by atoms with Crippen LogP contribution in [-0.4, -0.2) is 41.4 Å². The Morgan fingerprint density at radius 3 is 2.74 bits per heavy atom. The Labute approximate surface area is 184 Å². The molecule has 164 valence electrons. The molecule has 1 saturated heterocycles. The number of rotatable bonds is 9. The number of hydrogen-bond donors (Lipinski definition) is 1. The van der Waals surface area contributed by atoms with Crippen molar-refractivity contribution in [1.82, 2.24) is 15.1 Å². The first kappa shape index (κ1) is 21.2. The SMILES string of the molecule is COc1ccccc1OCc1cc(C2CCN(Cc3cccc(OC(C)C)c3)C2)n[nH]1. The molecule has 6 heteroatoms. The van der Waals surface area contributed by atoms with Crippen LogP contribution in [0.4, 0.5) is 0 Å². The molecule has 2 aromatic carbocycles. The predicted molar refractivity (Wildman–Crippen MR) is 121 cm³/mol. The lowest BCUT2D eigenvalue weighted by molar-refractivity contribution is 0.241. The lowest BCUT2D eigenvalue weighted by Gasteiger charge is -2.17. The summed E-state index contributed by atoms with van der Waals surface area (Å²) >= 11 is 0. The summed E-state index contributed by atoms with van der Waals surface area (Å²) in [5.74, 6) is 2.84. The van der Waals surface area contributed by atoms with Crippen molar-refractivity contribution in [3.05, 3.63) is 71.5 Å². The van der Waals surface area contributed by atoms with Gasteiger partial charge in [0.05, 0.1) is 24.6 Å². The summed E-state index contributed by atoms with van der Waals surface area (Å²) in [6.45, 7) is 7.55. The first-order valence-corrected chi connectivity index (χ1v) is 10.9. The molecule has 3 aromatic rings. The normalized spacial score (nSPS) is 16.6. The highest BCUT2D eigenvalue weighted by atomic mass is 16.5. The Hall–Kier alpha value is -2.99. The maximum atomic E-state index is 5.91. The Morgan fingerprint density at radius 2 is 1.94 bits per heavy atom. The smallest absolute Gasteiger partial charge is 0.161 e. The average molecular weight is 422 g/mol. The summed E-state index contributed by atoms with van der Waals surface area (Å²) in [7, 11) is 1.65. The molecule has 4 rings (SSSR count). The van der Waals surface area contributed by atoms with Gasteiger partial charge in [0.1, 0.15) is 12.4 Å². The van der Waals surface area contributed by atoms with Crippen molar-refractivity contribution in [3.8, 4) is 17.2 Å². The molecule has 31 heavy (non-hydrogen) atoms. The number of hydrogen-bond acceptors (Lipinski definition) is 5. The van der Waals surface area contributed by atoms with Gasteiger partial charge < -0.3 is 14.2 Å². The number of aromatic amines is 1. The Kier molecular flexibility index (Phi) is 6.77. The largest absolute Gasteiger partial charge is 0.493 e. The van der Waals surface area contributed by atoms with E-state index >= 15 is 0 Å². The molecule has 1 aromatic heterocycles. The maximum absolute atomic E-state index is 5.91. The summed E-state index contributed by atoms with van der Waals surface area (Å²) in [5.41, 5.74) is 3.36. The van der Waals surface area contributed by atoms with Crippen LogP contribution in [0.1, 0.15) is 43.1 Å². The van der Waals surface area contributed by atoms with Gasteiger partial charge in [-0.1, -0.05) is 24.3 Å². The van der Waals surface area contributed by atoms with Gasteiger partial charge in [0, 0.05) is 19.0 Å². The third-order valence-electron chi connectivity index (χ3n) is 5.47. The minimum atomic E-state index is 0.187. The van der Waals surface area contributed by atoms with Crippen molar-refractivity contribution in [1.29, 1.82) is 0 Å². The molecule has 0 amide bonds. The number of likely N-dealkylation sites (tertiary alicyclic amines) is 1. The fourth-order valence-corrected chi connectivity index (χ4v) is 4.02. The van der Waals surface area contributed by atoms with Crippen LogP contribution < -0.4 is 14.2 Å². The standard InChI is InChI=1S/C25H31N3O3/c1-18(2)31-22-8-6-7-19(13-22)15-28-12-11-20(16-28)23-14-21(26-27-23)17-30-25-10-5-4-9-24(25)29-3/h4-10,13-14,18,20H,11-12,15-17H2,1-3H3,(H,26,27). The van der Waals surface area contributed by atoms with Crippen LogP contribution in [0.5, 0.6) is 17.2 Å². The van der Waals surface area contributed by atoms with Crippen molar-refractivity contribution in [3.63, 3.8) is 0 Å². The summed E-state index contributed by atoms with van der Waals surface area (Å²) in [4.78, 5) is 2.48. The molecular formula is C25H31N3O3. The lowest BCUT2D eigenvalue weighted by atomic mass is 10.1. The number of nitrogens with one attached hydrogen (secondary N) is 1. The number of nitrogens with zero attached hydrogens (tertiary/aromatic N) is 2. The van der Waals surface area contributed by atoms with Gasteiger partial charge in [-0.25, -0.2) is 0 Å². The van der Waals surface area contributed by atoms with Crippen LogP contribution in [0.2, 0.25) is 0 Å². The number of para-hydroxylation sites is 2. The van der Waals surface area contributed by atoms with E-state index in [1.165, 1.54) is 5.56 Å². The molecule has 1 aliphatic heterocycles. The summed E-state index contributed by atoms with van der Waals surface area (Å²) in [5, 5.41) is 7.69. The molecule has 2 heterocycles. The van der Waals surface area contributed by atoms with E-state index in [9.17, 15) is 0 Å². The second kappa shape index (κ2) is 9.88. The van der Waals surface area contributed by atoms with Gasteiger partial charge in [-0.3, -0.25) is 10.00 Å². The second-order valence-corrected chi connectivity index (χ2v) is 8.29. The van der Waals surface area contributed by atoms with Crippen molar-refractivity contribution < 1.29 is 14.2 Å². The van der Waals surface area contributed by atoms with Gasteiger partial charge in [0.2, 0.25) is 0 Å². The van der Waals surface area contributed by atoms with E-state index in [-0.39, 0.29) is 6.10 Å². The zero-order chi connectivity index (χ0) is 21.6. The minimum Gasteiger partial charge on any atom is -0.493 e. The Bertz CT molecular complexity index is 985. The van der Waals surface area contributed by atoms with Gasteiger partial charge in [-0.05, 0) is 62.7 Å². The van der Waals surface area contributed by atoms with E-state index < -0.39 is 0 Å². The summed E-state index contributed by atoms with van der Waals surface area (Å²) < 4.78 is 17.1. The molecular weight excluding hydrogens is 390 g/mol. The predicted octanol–water partition coefficient (Wildman–Crippen LogP) is 4.77. The van der Waals surface area contributed by atoms with E-state index in [2.05, 4.69) is 53.2 Å². The molecule has 1 aliphatic rings. The van der Waals surface area contributed by atoms with Crippen molar-refractivity contribution in [2.75, 3.05) is 20.2 Å². The molecule has 0 bridgehead atoms. The third kappa shape index (κ3) is 5.58. The summed E-state index contributed by atoms with van der Waals surface area (Å²) in [6, 6.07) is 18.2. The fraction of sp³-hybridized carbons (Fsp3) is 0.400. The van der Waals surface area contributed by atoms with Crippen molar-refractivity contribution >= 4 is 0 Å². The zero-order valence-electron chi connectivity index (χ0n) is 18.5. The van der Waals surface area contributed by atoms with Crippen molar-refractivity contribution in [2.24, 2.45) is 0 Å². The minimum absolute atomic E-state index is 0.187. The lowest BCUT2D eigenvalue weighted by Crippen LogP contribution is -2.20. The molecule has 1 unspecified atom stereocenters. The van der Waals surface area contributed by atoms with Crippen LogP contribution >= 0.6 is 0 Å². The quantitative estimate of drug-likeness (QED) is 0.539. The highest BCUT2D eigenvalue weighted by Gasteiger charge is 2.26. The number of ether oxygens (including phenoxy) is 3. The number of benzene rings is 2. The van der Waals surface area contributed by atoms with Crippen LogP contribution in [0.3, 0.4) is 0 Å². The van der Waals surface area contributed by atoms with Gasteiger partial charge in [0.25, 0.3) is 0 Å². The van der Waals surface area contributed by atoms with Gasteiger partial charge in [-0.15, -0.1) is 0 Å². The van der Waals surface area contributed by atoms with Crippen molar-refractivity contribution in [2.45, 2.75) is 45.4 Å². The molecule has 1 atom stereocenters. The second-order valence-electron chi connectivity index (χ2n) is 8.29. The summed E-state index contributed by atoms with van der Waals surface area (Å²) in [6.07, 6.45) is 1.30. The van der Waals surface area contributed by atoms with E-state index in [1.54, 1.807) is 7.11 Å². The van der Waals surface area contributed by atoms with Gasteiger partial charge in [-0.2, -0.15) is 5.10 Å². The van der Waals surface area contributed by atoms with Gasteiger partial charge in [0.15, 0.2) is 11.5 Å². The topological polar surface area (TPSA) is 59.6 Å². The van der Waals surface area contributed by atoms with Crippen LogP contribution in [-0.2, 0) is 13.2 Å². The van der Waals surface area contributed by atoms with Crippen LogP contribution in [0.15, 0.2) is 54.6 Å². The molecule has 0 aliphatic carbocycles. The first-order valence-electron chi connectivity index (χ1n) is 10.9.